The molecule has 0 aromatic heterocycles. The van der Waals surface area contributed by atoms with Crippen molar-refractivity contribution in [3.8, 4) is 0 Å². The lowest BCUT2D eigenvalue weighted by molar-refractivity contribution is -0.200. The van der Waals surface area contributed by atoms with Gasteiger partial charge in [-0.25, -0.2) is 4.39 Å². The SMILES string of the molecule is C[C@@H](O[C@H]1OCCN[C@H]1c1ccc(F)cc1)c1cc(C(F)(F)F)ccc1Cl. The van der Waals surface area contributed by atoms with Gasteiger partial charge in [0, 0.05) is 11.6 Å². The van der Waals surface area contributed by atoms with Crippen LogP contribution in [0.5, 0.6) is 0 Å². The van der Waals surface area contributed by atoms with Gasteiger partial charge in [0.2, 0.25) is 0 Å². The highest BCUT2D eigenvalue weighted by Crippen LogP contribution is 2.36. The largest absolute Gasteiger partial charge is 0.416 e. The van der Waals surface area contributed by atoms with Crippen LogP contribution in [0, 0.1) is 5.82 Å². The summed E-state index contributed by atoms with van der Waals surface area (Å²) in [7, 11) is 0. The molecule has 8 heteroatoms. The van der Waals surface area contributed by atoms with Gasteiger partial charge in [0.25, 0.3) is 0 Å². The van der Waals surface area contributed by atoms with Gasteiger partial charge in [-0.1, -0.05) is 23.7 Å². The molecule has 0 aliphatic carbocycles. The van der Waals surface area contributed by atoms with Crippen LogP contribution in [-0.2, 0) is 15.7 Å². The van der Waals surface area contributed by atoms with Gasteiger partial charge in [0.05, 0.1) is 24.3 Å². The molecule has 1 fully saturated rings. The maximum atomic E-state index is 13.2. The highest BCUT2D eigenvalue weighted by atomic mass is 35.5. The molecule has 3 atom stereocenters. The smallest absolute Gasteiger partial charge is 0.349 e. The summed E-state index contributed by atoms with van der Waals surface area (Å²) in [5.41, 5.74) is 0.178. The van der Waals surface area contributed by atoms with Crippen LogP contribution in [0.15, 0.2) is 42.5 Å². The standard InChI is InChI=1S/C19H18ClF4NO2/c1-11(15-10-13(19(22,23)24)4-7-16(15)20)27-18-17(25-8-9-26-18)12-2-5-14(21)6-3-12/h2-7,10-11,17-18,25H,8-9H2,1H3/t11-,17+,18-/m1/s1. The topological polar surface area (TPSA) is 30.5 Å². The molecular formula is C19H18ClF4NO2. The number of halogens is 5. The Balaban J connectivity index is 1.81. The molecule has 1 N–H and O–H groups in total. The summed E-state index contributed by atoms with van der Waals surface area (Å²) < 4.78 is 63.7. The van der Waals surface area contributed by atoms with Crippen LogP contribution in [0.2, 0.25) is 5.02 Å². The fourth-order valence-corrected chi connectivity index (χ4v) is 3.22. The van der Waals surface area contributed by atoms with Gasteiger partial charge in [-0.05, 0) is 48.4 Å². The third-order valence-electron chi connectivity index (χ3n) is 4.35. The first-order valence-corrected chi connectivity index (χ1v) is 8.76. The first-order chi connectivity index (χ1) is 12.8. The van der Waals surface area contributed by atoms with E-state index in [1.807, 2.05) is 0 Å². The van der Waals surface area contributed by atoms with Gasteiger partial charge < -0.3 is 14.8 Å². The number of alkyl halides is 3. The van der Waals surface area contributed by atoms with Crippen molar-refractivity contribution in [2.75, 3.05) is 13.2 Å². The first-order valence-electron chi connectivity index (χ1n) is 8.38. The summed E-state index contributed by atoms with van der Waals surface area (Å²) in [6.45, 7) is 2.56. The lowest BCUT2D eigenvalue weighted by atomic mass is 10.0. The summed E-state index contributed by atoms with van der Waals surface area (Å²) in [6, 6.07) is 8.61. The number of rotatable bonds is 4. The number of ether oxygens (including phenoxy) is 2. The van der Waals surface area contributed by atoms with Crippen molar-refractivity contribution >= 4 is 11.6 Å². The van der Waals surface area contributed by atoms with E-state index in [1.165, 1.54) is 18.2 Å². The Morgan fingerprint density at radius 1 is 1.19 bits per heavy atom. The zero-order valence-corrected chi connectivity index (χ0v) is 15.1. The quantitative estimate of drug-likeness (QED) is 0.706. The van der Waals surface area contributed by atoms with Crippen LogP contribution in [0.4, 0.5) is 17.6 Å². The summed E-state index contributed by atoms with van der Waals surface area (Å²) in [6.07, 6.45) is -5.98. The fourth-order valence-electron chi connectivity index (χ4n) is 2.95. The van der Waals surface area contributed by atoms with Crippen molar-refractivity contribution in [3.63, 3.8) is 0 Å². The molecule has 1 aliphatic rings. The molecule has 2 aromatic carbocycles. The molecule has 0 saturated carbocycles. The normalized spacial score (nSPS) is 21.9. The van der Waals surface area contributed by atoms with Crippen LogP contribution < -0.4 is 5.32 Å². The van der Waals surface area contributed by atoms with Gasteiger partial charge in [-0.2, -0.15) is 13.2 Å². The lowest BCUT2D eigenvalue weighted by Crippen LogP contribution is -2.43. The molecule has 0 bridgehead atoms. The third-order valence-corrected chi connectivity index (χ3v) is 4.69. The summed E-state index contributed by atoms with van der Waals surface area (Å²) in [4.78, 5) is 0. The average Bonchev–Trinajstić information content (AvgIpc) is 2.62. The van der Waals surface area contributed by atoms with E-state index in [2.05, 4.69) is 5.32 Å². The van der Waals surface area contributed by atoms with Gasteiger partial charge in [-0.3, -0.25) is 0 Å². The molecule has 1 heterocycles. The van der Waals surface area contributed by atoms with E-state index < -0.39 is 24.1 Å². The molecule has 1 saturated heterocycles. The van der Waals surface area contributed by atoms with Crippen LogP contribution in [0.1, 0.15) is 35.8 Å². The predicted molar refractivity (Wildman–Crippen MR) is 92.8 cm³/mol. The number of hydrogen-bond donors (Lipinski definition) is 1. The zero-order chi connectivity index (χ0) is 19.6. The average molecular weight is 404 g/mol. The molecule has 146 valence electrons. The molecule has 3 rings (SSSR count). The molecular weight excluding hydrogens is 386 g/mol. The monoisotopic (exact) mass is 403 g/mol. The second kappa shape index (κ2) is 8.14. The van der Waals surface area contributed by atoms with Crippen LogP contribution in [0.3, 0.4) is 0 Å². The molecule has 3 nitrogen and oxygen atoms in total. The number of nitrogens with one attached hydrogen (secondary N) is 1. The molecule has 0 unspecified atom stereocenters. The molecule has 0 spiro atoms. The number of benzene rings is 2. The lowest BCUT2D eigenvalue weighted by Gasteiger charge is -2.35. The Hall–Kier alpha value is -1.67. The maximum Gasteiger partial charge on any atom is 0.416 e. The second-order valence-corrected chi connectivity index (χ2v) is 6.64. The molecule has 0 radical (unpaired) electrons. The van der Waals surface area contributed by atoms with Crippen molar-refractivity contribution in [2.24, 2.45) is 0 Å². The van der Waals surface area contributed by atoms with E-state index in [0.29, 0.717) is 13.2 Å². The van der Waals surface area contributed by atoms with E-state index in [4.69, 9.17) is 21.1 Å². The van der Waals surface area contributed by atoms with Gasteiger partial charge in [0.15, 0.2) is 6.29 Å². The van der Waals surface area contributed by atoms with Crippen molar-refractivity contribution < 1.29 is 27.0 Å². The van der Waals surface area contributed by atoms with Crippen LogP contribution >= 0.6 is 11.6 Å². The zero-order valence-electron chi connectivity index (χ0n) is 14.4. The van der Waals surface area contributed by atoms with Gasteiger partial charge in [0.1, 0.15) is 5.82 Å². The fraction of sp³-hybridized carbons (Fsp3) is 0.368. The third kappa shape index (κ3) is 4.79. The summed E-state index contributed by atoms with van der Waals surface area (Å²) in [5.74, 6) is -0.364. The van der Waals surface area contributed by atoms with E-state index in [-0.39, 0.29) is 22.4 Å². The van der Waals surface area contributed by atoms with E-state index >= 15 is 0 Å². The maximum absolute atomic E-state index is 13.2. The minimum absolute atomic E-state index is 0.178. The minimum atomic E-state index is -4.47. The molecule has 1 aliphatic heterocycles. The van der Waals surface area contributed by atoms with Gasteiger partial charge >= 0.3 is 6.18 Å². The van der Waals surface area contributed by atoms with E-state index in [0.717, 1.165) is 17.7 Å². The molecule has 0 amide bonds. The summed E-state index contributed by atoms with van der Waals surface area (Å²) in [5, 5.41) is 3.40. The Morgan fingerprint density at radius 3 is 2.56 bits per heavy atom. The number of morpholine rings is 1. The number of hydrogen-bond acceptors (Lipinski definition) is 3. The predicted octanol–water partition coefficient (Wildman–Crippen LogP) is 5.26. The van der Waals surface area contributed by atoms with Gasteiger partial charge in [-0.15, -0.1) is 0 Å². The molecule has 2 aromatic rings. The Kier molecular flexibility index (Phi) is 6.05. The van der Waals surface area contributed by atoms with Crippen LogP contribution in [-0.4, -0.2) is 19.4 Å². The van der Waals surface area contributed by atoms with Crippen molar-refractivity contribution in [3.05, 3.63) is 70.0 Å². The Labute approximate surface area is 159 Å². The Morgan fingerprint density at radius 2 is 1.89 bits per heavy atom. The molecule has 27 heavy (non-hydrogen) atoms. The highest BCUT2D eigenvalue weighted by Gasteiger charge is 2.33. The van der Waals surface area contributed by atoms with E-state index in [1.54, 1.807) is 19.1 Å². The van der Waals surface area contributed by atoms with Crippen molar-refractivity contribution in [1.29, 1.82) is 0 Å². The second-order valence-electron chi connectivity index (χ2n) is 6.23. The highest BCUT2D eigenvalue weighted by molar-refractivity contribution is 6.31. The van der Waals surface area contributed by atoms with E-state index in [9.17, 15) is 17.6 Å². The van der Waals surface area contributed by atoms with Crippen LogP contribution in [0.25, 0.3) is 0 Å². The minimum Gasteiger partial charge on any atom is -0.349 e. The van der Waals surface area contributed by atoms with Crippen molar-refractivity contribution in [2.45, 2.75) is 31.5 Å². The first kappa shape index (κ1) is 20.1. The summed E-state index contributed by atoms with van der Waals surface area (Å²) >= 11 is 6.08. The van der Waals surface area contributed by atoms with Crippen molar-refractivity contribution in [1.82, 2.24) is 5.32 Å². The Bertz CT molecular complexity index is 782.